The number of likely N-dealkylation sites (N-methyl/N-ethyl adjacent to an activating group) is 1. The number of imidazole rings is 1. The number of carboxylic acids is 1. The number of carboxylic acid groups (broad SMARTS) is 1. The van der Waals surface area contributed by atoms with Crippen LogP contribution in [0, 0.1) is 20.9 Å². The molecule has 2 aromatic carbocycles. The number of amides is 5. The number of hydrogen-bond donors (Lipinski definition) is 11. The highest BCUT2D eigenvalue weighted by Gasteiger charge is 2.30. The molecular weight excluding hydrogens is 1100 g/mol. The Balaban J connectivity index is 1.02. The van der Waals surface area contributed by atoms with Gasteiger partial charge in [0.05, 0.1) is 23.6 Å². The van der Waals surface area contributed by atoms with Gasteiger partial charge in [0.1, 0.15) is 29.4 Å². The van der Waals surface area contributed by atoms with Crippen molar-refractivity contribution < 1.29 is 57.2 Å². The number of H-pyrrole nitrogens is 1. The summed E-state index contributed by atoms with van der Waals surface area (Å²) < 4.78 is 36.9. The summed E-state index contributed by atoms with van der Waals surface area (Å²) in [7, 11) is 3.42. The molecule has 0 saturated carbocycles. The van der Waals surface area contributed by atoms with Crippen molar-refractivity contribution in [3.63, 3.8) is 0 Å². The zero-order chi connectivity index (χ0) is 60.8. The monoisotopic (exact) mass is 1180 g/mol. The average molecular weight is 1180 g/mol. The summed E-state index contributed by atoms with van der Waals surface area (Å²) in [5, 5.41) is 46.1. The number of carbonyl (C=O) groups is 6. The number of nitrogens with one attached hydrogen (secondary N) is 8. The van der Waals surface area contributed by atoms with Gasteiger partial charge in [-0.2, -0.15) is 4.72 Å². The first kappa shape index (κ1) is 66.7. The van der Waals surface area contributed by atoms with E-state index in [1.807, 2.05) is 9.80 Å². The van der Waals surface area contributed by atoms with Gasteiger partial charge in [0, 0.05) is 130 Å². The van der Waals surface area contributed by atoms with Crippen LogP contribution in [0.3, 0.4) is 0 Å². The number of pyridine rings is 1. The van der Waals surface area contributed by atoms with Crippen LogP contribution in [0.25, 0.3) is 10.9 Å². The summed E-state index contributed by atoms with van der Waals surface area (Å²) in [4.78, 5) is 106. The Morgan fingerprint density at radius 3 is 2.08 bits per heavy atom. The number of β-amino-alcohol motifs (C(OH)–C–C–N with tert-alkyl or cyclic N) is 2. The number of anilines is 1. The zero-order valence-electron chi connectivity index (χ0n) is 48.2. The maximum Gasteiger partial charge on any atom is 0.323 e. The molecule has 1 aliphatic heterocycles. The van der Waals surface area contributed by atoms with Gasteiger partial charge in [0.15, 0.2) is 12.2 Å². The smallest absolute Gasteiger partial charge is 0.323 e. The van der Waals surface area contributed by atoms with E-state index in [2.05, 4.69) is 58.4 Å². The maximum atomic E-state index is 13.7. The second kappa shape index (κ2) is 32.7. The lowest BCUT2D eigenvalue weighted by Gasteiger charge is -2.33. The summed E-state index contributed by atoms with van der Waals surface area (Å²) in [5.74, 6) is -3.32. The Labute approximate surface area is 484 Å². The molecule has 1 saturated heterocycles. The van der Waals surface area contributed by atoms with Crippen LogP contribution in [0.1, 0.15) is 73.5 Å². The Bertz CT molecular complexity index is 2970. The second-order valence-corrected chi connectivity index (χ2v) is 22.0. The summed E-state index contributed by atoms with van der Waals surface area (Å²) in [5.41, 5.74) is 0.991. The Kier molecular flexibility index (Phi) is 26.3. The van der Waals surface area contributed by atoms with Gasteiger partial charge in [0.2, 0.25) is 39.1 Å². The van der Waals surface area contributed by atoms with E-state index in [4.69, 9.17) is 11.8 Å². The van der Waals surface area contributed by atoms with Crippen molar-refractivity contribution in [1.29, 1.82) is 0 Å². The van der Waals surface area contributed by atoms with E-state index in [1.165, 1.54) is 32.2 Å². The van der Waals surface area contributed by atoms with E-state index in [9.17, 15) is 57.3 Å². The fourth-order valence-corrected chi connectivity index (χ4v) is 11.0. The van der Waals surface area contributed by atoms with Crippen LogP contribution < -0.4 is 46.8 Å². The number of hydrogen-bond acceptors (Lipinski definition) is 18. The number of ether oxygens (including phenoxy) is 1. The van der Waals surface area contributed by atoms with Crippen LogP contribution in [0.15, 0.2) is 58.6 Å². The van der Waals surface area contributed by atoms with Crippen molar-refractivity contribution >= 4 is 62.4 Å². The lowest BCUT2D eigenvalue weighted by Crippen LogP contribution is -2.55. The van der Waals surface area contributed by atoms with Gasteiger partial charge in [-0.25, -0.2) is 13.4 Å². The summed E-state index contributed by atoms with van der Waals surface area (Å²) in [6.45, 7) is 13.9. The number of nitrogens with zero attached hydrogens (tertiary/aromatic N) is 6. The molecule has 0 spiro atoms. The first-order chi connectivity index (χ1) is 39.5. The highest BCUT2D eigenvalue weighted by molar-refractivity contribution is 7.89. The molecule has 5 amide bonds. The van der Waals surface area contributed by atoms with E-state index in [1.54, 1.807) is 61.0 Å². The molecule has 1 unspecified atom stereocenters. The van der Waals surface area contributed by atoms with Crippen LogP contribution in [-0.2, 0) is 47.6 Å². The van der Waals surface area contributed by atoms with Crippen molar-refractivity contribution in [3.8, 4) is 5.75 Å². The number of aromatic nitrogens is 3. The number of aliphatic hydroxyl groups is 2. The quantitative estimate of drug-likeness (QED) is 0.0231. The van der Waals surface area contributed by atoms with Gasteiger partial charge >= 0.3 is 5.97 Å². The Morgan fingerprint density at radius 2 is 1.45 bits per heavy atom. The molecule has 11 N–H and O–H groups in total. The molecule has 3 heterocycles. The summed E-state index contributed by atoms with van der Waals surface area (Å²) in [6.07, 6.45) is 3.94. The predicted molar refractivity (Wildman–Crippen MR) is 309 cm³/mol. The largest absolute Gasteiger partial charge is 0.494 e. The van der Waals surface area contributed by atoms with Crippen molar-refractivity contribution in [2.24, 2.45) is 7.05 Å². The SMILES string of the molecule is [CH]N1CCN(CC)CCN(CC(O)O)CCN(CC(=O)N[C@@H](CC)C(=O)N[C@@H](CC)C(=O)NCCNC(=O)CCCOc2cc(C)c(S(=O)(=O)NC(CNC(=O)c3cn(C)c4cc(CNc5ncc[nH]5)ccc4c3=O)C(=O)O)c(C)c2)CC1. The lowest BCUT2D eigenvalue weighted by atomic mass is 10.1. The molecule has 1 aliphatic rings. The first-order valence-electron chi connectivity index (χ1n) is 27.8. The molecule has 1 fully saturated rings. The number of aromatic amines is 1. The average Bonchev–Trinajstić information content (AvgIpc) is 3.46. The second-order valence-electron chi connectivity index (χ2n) is 20.4. The lowest BCUT2D eigenvalue weighted by molar-refractivity contribution is -0.138. The van der Waals surface area contributed by atoms with Gasteiger partial charge in [-0.1, -0.05) is 26.8 Å². The van der Waals surface area contributed by atoms with Gasteiger partial charge in [-0.15, -0.1) is 0 Å². The number of aryl methyl sites for hydroxylation is 3. The van der Waals surface area contributed by atoms with E-state index < -0.39 is 76.0 Å². The van der Waals surface area contributed by atoms with Gasteiger partial charge in [0.25, 0.3) is 5.91 Å². The molecule has 83 heavy (non-hydrogen) atoms. The number of fused-ring (bicyclic) bond motifs is 1. The van der Waals surface area contributed by atoms with Crippen LogP contribution >= 0.6 is 0 Å². The third-order valence-corrected chi connectivity index (χ3v) is 15.8. The predicted octanol–water partition coefficient (Wildman–Crippen LogP) is -0.946. The van der Waals surface area contributed by atoms with Gasteiger partial charge in [-0.3, -0.25) is 48.3 Å². The molecule has 3 atom stereocenters. The molecule has 2 aromatic heterocycles. The number of aliphatic hydroxyl groups excluding tert-OH is 1. The topological polar surface area (TPSA) is 354 Å². The van der Waals surface area contributed by atoms with Gasteiger partial charge in [-0.05, 0) is 80.6 Å². The normalized spacial score (nSPS) is 15.5. The highest BCUT2D eigenvalue weighted by Crippen LogP contribution is 2.26. The van der Waals surface area contributed by atoms with Crippen molar-refractivity contribution in [3.05, 3.63) is 88.4 Å². The first-order valence-corrected chi connectivity index (χ1v) is 29.3. The Morgan fingerprint density at radius 1 is 0.807 bits per heavy atom. The minimum atomic E-state index is -4.49. The third-order valence-electron chi connectivity index (χ3n) is 14.0. The fraction of sp³-hybridized carbons (Fsp3) is 0.545. The number of aliphatic carboxylic acids is 1. The number of carbonyl (C=O) groups excluding carboxylic acids is 5. The summed E-state index contributed by atoms with van der Waals surface area (Å²) in [6, 6.07) is 4.37. The van der Waals surface area contributed by atoms with E-state index >= 15 is 0 Å². The number of sulfonamides is 1. The number of benzene rings is 2. The highest BCUT2D eigenvalue weighted by atomic mass is 32.2. The van der Waals surface area contributed by atoms with Crippen LogP contribution in [-0.4, -0.2) is 216 Å². The van der Waals surface area contributed by atoms with Crippen LogP contribution in [0.4, 0.5) is 5.95 Å². The standard InChI is InChI=1S/C55H82N14O13S/c1-8-42(63-53(77)43(9-2)62-47(71)34-68-22-20-65(6)19-21-67(10-3)23-24-69(26-25-68)35-48(72)73)52(76)57-16-15-56-46(70)12-11-27-82-39-28-36(4)50(37(5)29-39)83(80,81)64-44(54(78)79)32-60-51(75)41-33-66(7)45-30-38(13-14-40(45)49(41)74)31-61-55-58-17-18-59-55/h6,13-14,17-18,28-30,33,42-44,48,64,72-73H,8-12,15-16,19-27,31-32,34-35H2,1-5,7H3,(H,56,70)(H,57,76)(H,60,75)(H,62,71)(H,63,77)(H,78,79)(H2,58,59,61)/t42-,43-,44?/m0/s1. The molecule has 2 radical (unpaired) electrons. The molecule has 456 valence electrons. The van der Waals surface area contributed by atoms with E-state index in [0.29, 0.717) is 69.6 Å². The minimum absolute atomic E-state index is 0.0330. The number of rotatable bonds is 29. The molecule has 28 heteroatoms. The third kappa shape index (κ3) is 21.0. The fourth-order valence-electron chi connectivity index (χ4n) is 9.36. The van der Waals surface area contributed by atoms with E-state index in [-0.39, 0.29) is 91.3 Å². The van der Waals surface area contributed by atoms with Crippen molar-refractivity contribution in [2.45, 2.75) is 96.2 Å². The summed E-state index contributed by atoms with van der Waals surface area (Å²) >= 11 is 0. The van der Waals surface area contributed by atoms with E-state index in [0.717, 1.165) is 18.7 Å². The molecule has 0 aliphatic carbocycles. The maximum absolute atomic E-state index is 13.7. The molecule has 5 rings (SSSR count). The molecule has 0 bridgehead atoms. The van der Waals surface area contributed by atoms with Gasteiger partial charge < -0.3 is 66.4 Å². The Hall–Kier alpha value is -7.05. The molecular formula is C55H82N14O13S. The van der Waals surface area contributed by atoms with Crippen molar-refractivity contribution in [2.75, 3.05) is 104 Å². The van der Waals surface area contributed by atoms with Crippen molar-refractivity contribution in [1.82, 2.24) is 65.4 Å². The molecule has 4 aromatic rings. The minimum Gasteiger partial charge on any atom is -0.494 e. The van der Waals surface area contributed by atoms with Crippen LogP contribution in [0.5, 0.6) is 5.75 Å². The van der Waals surface area contributed by atoms with Crippen LogP contribution in [0.2, 0.25) is 0 Å². The zero-order valence-corrected chi connectivity index (χ0v) is 49.0. The molecule has 27 nitrogen and oxygen atoms in total.